The molecule has 0 bridgehead atoms. The molecule has 0 atom stereocenters. The van der Waals surface area contributed by atoms with E-state index in [1.807, 2.05) is 41.8 Å². The van der Waals surface area contributed by atoms with Crippen molar-refractivity contribution in [1.29, 1.82) is 5.26 Å². The van der Waals surface area contributed by atoms with E-state index in [1.165, 1.54) is 0 Å². The number of hydrogen-bond acceptors (Lipinski definition) is 4. The van der Waals surface area contributed by atoms with Gasteiger partial charge in [0.2, 0.25) is 0 Å². The fourth-order valence-electron chi connectivity index (χ4n) is 2.29. The molecular formula is C16H14N4O. The van der Waals surface area contributed by atoms with Gasteiger partial charge in [-0.15, -0.1) is 0 Å². The first kappa shape index (κ1) is 13.1. The Hall–Kier alpha value is -2.87. The summed E-state index contributed by atoms with van der Waals surface area (Å²) >= 11 is 0. The molecule has 0 radical (unpaired) electrons. The summed E-state index contributed by atoms with van der Waals surface area (Å²) in [6, 6.07) is 11.8. The van der Waals surface area contributed by atoms with Crippen LogP contribution in [-0.4, -0.2) is 21.6 Å². The molecule has 2 heterocycles. The number of rotatable bonds is 3. The van der Waals surface area contributed by atoms with Crippen LogP contribution in [-0.2, 0) is 6.54 Å². The number of imidazole rings is 1. The van der Waals surface area contributed by atoms with Crippen molar-refractivity contribution in [3.8, 4) is 23.2 Å². The van der Waals surface area contributed by atoms with E-state index in [1.54, 1.807) is 13.3 Å². The molecule has 0 spiro atoms. The van der Waals surface area contributed by atoms with E-state index >= 15 is 0 Å². The lowest BCUT2D eigenvalue weighted by Gasteiger charge is -2.05. The second kappa shape index (κ2) is 5.25. The predicted octanol–water partition coefficient (Wildman–Crippen LogP) is 2.94. The van der Waals surface area contributed by atoms with Crippen LogP contribution in [0.15, 0.2) is 36.5 Å². The van der Waals surface area contributed by atoms with Gasteiger partial charge in [0.15, 0.2) is 5.65 Å². The summed E-state index contributed by atoms with van der Waals surface area (Å²) in [4.78, 5) is 9.03. The molecule has 104 valence electrons. The number of nitriles is 1. The Morgan fingerprint density at radius 1 is 1.29 bits per heavy atom. The summed E-state index contributed by atoms with van der Waals surface area (Å²) in [6.45, 7) is 2.19. The van der Waals surface area contributed by atoms with Gasteiger partial charge in [0.05, 0.1) is 13.2 Å². The van der Waals surface area contributed by atoms with Gasteiger partial charge in [-0.1, -0.05) is 0 Å². The predicted molar refractivity (Wildman–Crippen MR) is 79.9 cm³/mol. The van der Waals surface area contributed by atoms with Crippen molar-refractivity contribution in [1.82, 2.24) is 14.5 Å². The third-order valence-electron chi connectivity index (χ3n) is 3.30. The molecular weight excluding hydrogens is 264 g/mol. The Balaban J connectivity index is 2.20. The van der Waals surface area contributed by atoms with Gasteiger partial charge >= 0.3 is 0 Å². The zero-order valence-electron chi connectivity index (χ0n) is 11.9. The normalized spacial score (nSPS) is 10.5. The molecule has 5 heteroatoms. The third kappa shape index (κ3) is 2.32. The first-order valence-corrected chi connectivity index (χ1v) is 6.57. The van der Waals surface area contributed by atoms with Crippen molar-refractivity contribution in [3.05, 3.63) is 42.1 Å². The SMILES string of the molecule is COc1ccc(-c2nc3cc(C)cnc3n2CC#N)cc1. The van der Waals surface area contributed by atoms with E-state index in [2.05, 4.69) is 16.0 Å². The topological polar surface area (TPSA) is 63.7 Å². The first-order chi connectivity index (χ1) is 10.2. The standard InChI is InChI=1S/C16H14N4O/c1-11-9-14-16(18-10-11)20(8-7-17)15(19-14)12-3-5-13(21-2)6-4-12/h3-6,9-10H,8H2,1-2H3. The molecule has 1 aromatic carbocycles. The Labute approximate surface area is 122 Å². The van der Waals surface area contributed by atoms with Crippen molar-refractivity contribution in [3.63, 3.8) is 0 Å². The largest absolute Gasteiger partial charge is 0.497 e. The van der Waals surface area contributed by atoms with Crippen molar-refractivity contribution in [2.45, 2.75) is 13.5 Å². The number of aromatic nitrogens is 3. The van der Waals surface area contributed by atoms with Gasteiger partial charge in [-0.2, -0.15) is 5.26 Å². The summed E-state index contributed by atoms with van der Waals surface area (Å²) in [5.74, 6) is 1.53. The Morgan fingerprint density at radius 2 is 2.05 bits per heavy atom. The van der Waals surface area contributed by atoms with Crippen molar-refractivity contribution in [2.24, 2.45) is 0 Å². The molecule has 5 nitrogen and oxygen atoms in total. The maximum Gasteiger partial charge on any atom is 0.161 e. The highest BCUT2D eigenvalue weighted by atomic mass is 16.5. The molecule has 0 aliphatic heterocycles. The number of hydrogen-bond donors (Lipinski definition) is 0. The lowest BCUT2D eigenvalue weighted by atomic mass is 10.2. The van der Waals surface area contributed by atoms with Gasteiger partial charge in [0, 0.05) is 11.8 Å². The minimum absolute atomic E-state index is 0.216. The van der Waals surface area contributed by atoms with E-state index in [4.69, 9.17) is 10.00 Å². The minimum Gasteiger partial charge on any atom is -0.497 e. The van der Waals surface area contributed by atoms with Gasteiger partial charge in [0.1, 0.15) is 23.6 Å². The molecule has 0 fully saturated rings. The lowest BCUT2D eigenvalue weighted by molar-refractivity contribution is 0.415. The second-order valence-electron chi connectivity index (χ2n) is 4.76. The molecule has 3 rings (SSSR count). The average molecular weight is 278 g/mol. The fraction of sp³-hybridized carbons (Fsp3) is 0.188. The van der Waals surface area contributed by atoms with E-state index in [0.717, 1.165) is 33.9 Å². The van der Waals surface area contributed by atoms with E-state index in [9.17, 15) is 0 Å². The third-order valence-corrected chi connectivity index (χ3v) is 3.30. The Kier molecular flexibility index (Phi) is 3.28. The van der Waals surface area contributed by atoms with Crippen LogP contribution in [0.1, 0.15) is 5.56 Å². The smallest absolute Gasteiger partial charge is 0.161 e. The van der Waals surface area contributed by atoms with Crippen molar-refractivity contribution in [2.75, 3.05) is 7.11 Å². The van der Waals surface area contributed by atoms with Crippen LogP contribution in [0.3, 0.4) is 0 Å². The number of pyridine rings is 1. The fourth-order valence-corrected chi connectivity index (χ4v) is 2.29. The molecule has 0 amide bonds. The highest BCUT2D eigenvalue weighted by Crippen LogP contribution is 2.25. The molecule has 0 aliphatic carbocycles. The molecule has 21 heavy (non-hydrogen) atoms. The summed E-state index contributed by atoms with van der Waals surface area (Å²) in [5.41, 5.74) is 3.51. The second-order valence-corrected chi connectivity index (χ2v) is 4.76. The first-order valence-electron chi connectivity index (χ1n) is 6.57. The van der Waals surface area contributed by atoms with Crippen LogP contribution < -0.4 is 4.74 Å². The summed E-state index contributed by atoms with van der Waals surface area (Å²) in [6.07, 6.45) is 1.79. The van der Waals surface area contributed by atoms with Crippen LogP contribution in [0, 0.1) is 18.3 Å². The quantitative estimate of drug-likeness (QED) is 0.739. The van der Waals surface area contributed by atoms with Gasteiger partial charge < -0.3 is 4.74 Å². The molecule has 0 saturated carbocycles. The molecule has 0 N–H and O–H groups in total. The van der Waals surface area contributed by atoms with Crippen LogP contribution in [0.4, 0.5) is 0 Å². The number of methoxy groups -OCH3 is 1. The Morgan fingerprint density at radius 3 is 2.71 bits per heavy atom. The molecule has 2 aromatic heterocycles. The summed E-state index contributed by atoms with van der Waals surface area (Å²) in [7, 11) is 1.63. The van der Waals surface area contributed by atoms with Gasteiger partial charge in [0.25, 0.3) is 0 Å². The summed E-state index contributed by atoms with van der Waals surface area (Å²) in [5, 5.41) is 9.06. The van der Waals surface area contributed by atoms with Gasteiger partial charge in [-0.3, -0.25) is 4.57 Å². The number of fused-ring (bicyclic) bond motifs is 1. The van der Waals surface area contributed by atoms with Crippen molar-refractivity contribution >= 4 is 11.2 Å². The Bertz CT molecular complexity index is 828. The van der Waals surface area contributed by atoms with E-state index in [0.29, 0.717) is 0 Å². The minimum atomic E-state index is 0.216. The molecule has 3 aromatic rings. The average Bonchev–Trinajstić information content (AvgIpc) is 2.85. The monoisotopic (exact) mass is 278 g/mol. The highest BCUT2D eigenvalue weighted by molar-refractivity contribution is 5.77. The van der Waals surface area contributed by atoms with Crippen LogP contribution in [0.5, 0.6) is 5.75 Å². The summed E-state index contributed by atoms with van der Waals surface area (Å²) < 4.78 is 7.00. The number of nitrogens with zero attached hydrogens (tertiary/aromatic N) is 4. The molecule has 0 saturated heterocycles. The van der Waals surface area contributed by atoms with E-state index < -0.39 is 0 Å². The maximum atomic E-state index is 9.06. The number of benzene rings is 1. The van der Waals surface area contributed by atoms with Crippen LogP contribution in [0.2, 0.25) is 0 Å². The zero-order chi connectivity index (χ0) is 14.8. The lowest BCUT2D eigenvalue weighted by Crippen LogP contribution is -2.00. The molecule has 0 unspecified atom stereocenters. The maximum absolute atomic E-state index is 9.06. The zero-order valence-corrected chi connectivity index (χ0v) is 11.9. The number of ether oxygens (including phenoxy) is 1. The van der Waals surface area contributed by atoms with Gasteiger partial charge in [-0.05, 0) is 42.8 Å². The molecule has 0 aliphatic rings. The highest BCUT2D eigenvalue weighted by Gasteiger charge is 2.13. The van der Waals surface area contributed by atoms with Crippen LogP contribution in [0.25, 0.3) is 22.6 Å². The van der Waals surface area contributed by atoms with Crippen LogP contribution >= 0.6 is 0 Å². The van der Waals surface area contributed by atoms with Gasteiger partial charge in [-0.25, -0.2) is 9.97 Å². The van der Waals surface area contributed by atoms with Crippen molar-refractivity contribution < 1.29 is 4.74 Å². The van der Waals surface area contributed by atoms with E-state index in [-0.39, 0.29) is 6.54 Å². The number of aryl methyl sites for hydroxylation is 1.